The minimum atomic E-state index is -3.15. The smallest absolute Gasteiger partial charge is 0.289 e. The molecule has 0 N–H and O–H groups in total. The Bertz CT molecular complexity index is 765. The molecule has 0 unspecified atom stereocenters. The first-order chi connectivity index (χ1) is 10.3. The van der Waals surface area contributed by atoms with Crippen LogP contribution in [0, 0.1) is 5.82 Å². The average Bonchev–Trinajstić information content (AvgIpc) is 2.93. The molecule has 1 amide bonds. The Balaban J connectivity index is 2.21. The van der Waals surface area contributed by atoms with E-state index in [9.17, 15) is 17.6 Å². The van der Waals surface area contributed by atoms with Crippen molar-refractivity contribution in [2.24, 2.45) is 0 Å². The fraction of sp³-hybridized carbons (Fsp3) is 0.267. The van der Waals surface area contributed by atoms with Gasteiger partial charge in [-0.05, 0) is 23.8 Å². The second kappa shape index (κ2) is 6.31. The second-order valence-electron chi connectivity index (χ2n) is 5.03. The third kappa shape index (κ3) is 3.94. The van der Waals surface area contributed by atoms with Gasteiger partial charge in [0.2, 0.25) is 0 Å². The minimum Gasteiger partial charge on any atom is -0.459 e. The summed E-state index contributed by atoms with van der Waals surface area (Å²) in [6.45, 7) is 0.0707. The van der Waals surface area contributed by atoms with Crippen molar-refractivity contribution in [3.05, 3.63) is 48.2 Å². The Hall–Kier alpha value is -2.15. The summed E-state index contributed by atoms with van der Waals surface area (Å²) in [5, 5.41) is 0. The number of carbonyl (C=O) groups is 1. The topological polar surface area (TPSA) is 67.6 Å². The van der Waals surface area contributed by atoms with Gasteiger partial charge in [-0.3, -0.25) is 4.79 Å². The highest BCUT2D eigenvalue weighted by molar-refractivity contribution is 7.90. The zero-order chi connectivity index (χ0) is 16.3. The Morgan fingerprint density at radius 3 is 2.45 bits per heavy atom. The molecule has 0 aliphatic carbocycles. The lowest BCUT2D eigenvalue weighted by Crippen LogP contribution is -2.31. The first kappa shape index (κ1) is 16.2. The number of amides is 1. The van der Waals surface area contributed by atoms with Gasteiger partial charge in [-0.1, -0.05) is 12.1 Å². The average molecular weight is 325 g/mol. The van der Waals surface area contributed by atoms with E-state index in [1.807, 2.05) is 0 Å². The number of hydrogen-bond donors (Lipinski definition) is 0. The van der Waals surface area contributed by atoms with Gasteiger partial charge in [-0.15, -0.1) is 0 Å². The van der Waals surface area contributed by atoms with E-state index in [1.165, 1.54) is 30.3 Å². The number of rotatable bonds is 5. The fourth-order valence-corrected chi connectivity index (χ4v) is 2.51. The molecule has 0 saturated carbocycles. The van der Waals surface area contributed by atoms with Crippen LogP contribution in [0.4, 0.5) is 4.39 Å². The summed E-state index contributed by atoms with van der Waals surface area (Å²) in [6, 6.07) is 7.31. The van der Waals surface area contributed by atoms with Crippen LogP contribution in [-0.2, 0) is 9.84 Å². The summed E-state index contributed by atoms with van der Waals surface area (Å²) < 4.78 is 40.5. The molecule has 1 aromatic carbocycles. The summed E-state index contributed by atoms with van der Waals surface area (Å²) in [7, 11) is -1.65. The van der Waals surface area contributed by atoms with Crippen LogP contribution in [0.3, 0.4) is 0 Å². The first-order valence-electron chi connectivity index (χ1n) is 6.54. The number of benzene rings is 1. The molecule has 0 saturated heterocycles. The molecule has 7 heteroatoms. The van der Waals surface area contributed by atoms with E-state index >= 15 is 0 Å². The summed E-state index contributed by atoms with van der Waals surface area (Å²) in [6.07, 6.45) is 2.48. The maximum absolute atomic E-state index is 13.0. The van der Waals surface area contributed by atoms with E-state index in [1.54, 1.807) is 18.2 Å². The Kier molecular flexibility index (Phi) is 4.65. The van der Waals surface area contributed by atoms with Crippen LogP contribution in [0.25, 0.3) is 11.1 Å². The molecule has 0 radical (unpaired) electrons. The first-order valence-corrected chi connectivity index (χ1v) is 8.60. The standard InChI is InChI=1S/C15H16FNO4S/c1-17(8-10-22(2,19)20)15(18)14-13(7-9-21-14)11-3-5-12(16)6-4-11/h3-7,9H,8,10H2,1-2H3. The lowest BCUT2D eigenvalue weighted by molar-refractivity contribution is 0.0773. The van der Waals surface area contributed by atoms with Crippen LogP contribution in [-0.4, -0.2) is 44.8 Å². The van der Waals surface area contributed by atoms with Crippen molar-refractivity contribution in [1.82, 2.24) is 4.90 Å². The molecule has 0 spiro atoms. The molecule has 0 atom stereocenters. The van der Waals surface area contributed by atoms with Gasteiger partial charge >= 0.3 is 0 Å². The molecule has 0 bridgehead atoms. The second-order valence-corrected chi connectivity index (χ2v) is 7.29. The van der Waals surface area contributed by atoms with E-state index in [4.69, 9.17) is 4.42 Å². The SMILES string of the molecule is CN(CCS(C)(=O)=O)C(=O)c1occc1-c1ccc(F)cc1. The summed E-state index contributed by atoms with van der Waals surface area (Å²) in [5.41, 5.74) is 1.19. The number of furan rings is 1. The highest BCUT2D eigenvalue weighted by atomic mass is 32.2. The quantitative estimate of drug-likeness (QED) is 0.845. The van der Waals surface area contributed by atoms with Gasteiger partial charge in [0.15, 0.2) is 5.76 Å². The van der Waals surface area contributed by atoms with E-state index < -0.39 is 15.7 Å². The third-order valence-electron chi connectivity index (χ3n) is 3.16. The molecule has 0 aliphatic rings. The highest BCUT2D eigenvalue weighted by Gasteiger charge is 2.21. The molecule has 1 aromatic heterocycles. The molecular weight excluding hydrogens is 309 g/mol. The molecule has 0 fully saturated rings. The molecule has 5 nitrogen and oxygen atoms in total. The number of sulfone groups is 1. The van der Waals surface area contributed by atoms with Crippen LogP contribution in [0.2, 0.25) is 0 Å². The molecule has 1 heterocycles. The van der Waals surface area contributed by atoms with E-state index in [0.717, 1.165) is 6.26 Å². The molecule has 0 aliphatic heterocycles. The van der Waals surface area contributed by atoms with Crippen LogP contribution in [0.1, 0.15) is 10.6 Å². The van der Waals surface area contributed by atoms with Gasteiger partial charge < -0.3 is 9.32 Å². The summed E-state index contributed by atoms with van der Waals surface area (Å²) in [4.78, 5) is 13.6. The number of nitrogens with zero attached hydrogens (tertiary/aromatic N) is 1. The zero-order valence-corrected chi connectivity index (χ0v) is 13.1. The van der Waals surface area contributed by atoms with Crippen LogP contribution >= 0.6 is 0 Å². The zero-order valence-electron chi connectivity index (χ0n) is 12.2. The minimum absolute atomic E-state index is 0.0707. The van der Waals surface area contributed by atoms with Crippen molar-refractivity contribution < 1.29 is 22.0 Å². The van der Waals surface area contributed by atoms with Crippen molar-refractivity contribution in [1.29, 1.82) is 0 Å². The maximum Gasteiger partial charge on any atom is 0.289 e. The van der Waals surface area contributed by atoms with Gasteiger partial charge in [0.25, 0.3) is 5.91 Å². The van der Waals surface area contributed by atoms with Gasteiger partial charge in [0.05, 0.1) is 12.0 Å². The lowest BCUT2D eigenvalue weighted by atomic mass is 10.1. The van der Waals surface area contributed by atoms with E-state index in [2.05, 4.69) is 0 Å². The number of halogens is 1. The van der Waals surface area contributed by atoms with Gasteiger partial charge in [0, 0.05) is 25.4 Å². The van der Waals surface area contributed by atoms with Crippen molar-refractivity contribution in [2.45, 2.75) is 0 Å². The Labute approximate surface area is 128 Å². The Morgan fingerprint density at radius 1 is 1.23 bits per heavy atom. The van der Waals surface area contributed by atoms with Gasteiger partial charge in [-0.2, -0.15) is 0 Å². The van der Waals surface area contributed by atoms with Crippen LogP contribution in [0.5, 0.6) is 0 Å². The van der Waals surface area contributed by atoms with Crippen LogP contribution in [0.15, 0.2) is 41.0 Å². The summed E-state index contributed by atoms with van der Waals surface area (Å²) >= 11 is 0. The molecular formula is C15H16FNO4S. The predicted octanol–water partition coefficient (Wildman–Crippen LogP) is 2.20. The molecule has 118 valence electrons. The Morgan fingerprint density at radius 2 is 1.86 bits per heavy atom. The van der Waals surface area contributed by atoms with Crippen molar-refractivity contribution in [3.63, 3.8) is 0 Å². The normalized spacial score (nSPS) is 11.4. The monoisotopic (exact) mass is 325 g/mol. The van der Waals surface area contributed by atoms with Crippen molar-refractivity contribution in [2.75, 3.05) is 25.6 Å². The van der Waals surface area contributed by atoms with Crippen LogP contribution < -0.4 is 0 Å². The fourth-order valence-electron chi connectivity index (χ4n) is 1.91. The van der Waals surface area contributed by atoms with Crippen molar-refractivity contribution in [3.8, 4) is 11.1 Å². The molecule has 22 heavy (non-hydrogen) atoms. The number of hydrogen-bond acceptors (Lipinski definition) is 4. The van der Waals surface area contributed by atoms with Crippen molar-refractivity contribution >= 4 is 15.7 Å². The highest BCUT2D eigenvalue weighted by Crippen LogP contribution is 2.26. The maximum atomic E-state index is 13.0. The number of carbonyl (C=O) groups excluding carboxylic acids is 1. The van der Waals surface area contributed by atoms with Gasteiger partial charge in [0.1, 0.15) is 15.7 Å². The van der Waals surface area contributed by atoms with Gasteiger partial charge in [-0.25, -0.2) is 12.8 Å². The van der Waals surface area contributed by atoms with E-state index in [0.29, 0.717) is 11.1 Å². The largest absolute Gasteiger partial charge is 0.459 e. The van der Waals surface area contributed by atoms with E-state index in [-0.39, 0.29) is 23.9 Å². The predicted molar refractivity (Wildman–Crippen MR) is 80.8 cm³/mol. The summed E-state index contributed by atoms with van der Waals surface area (Å²) in [5.74, 6) is -0.817. The molecule has 2 aromatic rings. The third-order valence-corrected chi connectivity index (χ3v) is 4.08. The lowest BCUT2D eigenvalue weighted by Gasteiger charge is -2.15. The molecule has 2 rings (SSSR count).